The number of nitro groups is 1. The molecule has 1 atom stereocenters. The Morgan fingerprint density at radius 1 is 1.50 bits per heavy atom. The standard InChI is InChI=1S/C8H15NO4.K.H/c1-6(2)3-7(4-8(10)11)5-9(12)13;;/h6-7H,3-5H2,1-2H3,(H,10,11);;/t7-;;/m0../s1. The minimum atomic E-state index is -0.965. The van der Waals surface area contributed by atoms with E-state index in [4.69, 9.17) is 5.11 Å². The van der Waals surface area contributed by atoms with E-state index in [1.807, 2.05) is 13.8 Å². The van der Waals surface area contributed by atoms with Crippen LogP contribution in [0.25, 0.3) is 0 Å². The second-order valence-corrected chi connectivity index (χ2v) is 3.61. The van der Waals surface area contributed by atoms with Crippen LogP contribution in [-0.4, -0.2) is 73.9 Å². The molecular weight excluding hydrogens is 213 g/mol. The van der Waals surface area contributed by atoms with Crippen molar-refractivity contribution in [1.29, 1.82) is 0 Å². The summed E-state index contributed by atoms with van der Waals surface area (Å²) in [5.74, 6) is -1.01. The SMILES string of the molecule is CC(C)C[C@@H](CC(=O)O)C[N+](=O)[O-].[KH]. The van der Waals surface area contributed by atoms with E-state index in [1.54, 1.807) is 0 Å². The summed E-state index contributed by atoms with van der Waals surface area (Å²) in [6.45, 7) is 3.61. The number of nitrogens with zero attached hydrogens (tertiary/aromatic N) is 1. The first-order valence-electron chi connectivity index (χ1n) is 4.25. The van der Waals surface area contributed by atoms with Gasteiger partial charge in [-0.2, -0.15) is 0 Å². The molecule has 0 aromatic carbocycles. The second-order valence-electron chi connectivity index (χ2n) is 3.61. The first kappa shape index (κ1) is 16.9. The van der Waals surface area contributed by atoms with Crippen LogP contribution >= 0.6 is 0 Å². The van der Waals surface area contributed by atoms with Crippen molar-refractivity contribution in [3.8, 4) is 0 Å². The van der Waals surface area contributed by atoms with Gasteiger partial charge in [0.05, 0.1) is 6.42 Å². The van der Waals surface area contributed by atoms with Crippen molar-refractivity contribution in [3.05, 3.63) is 10.1 Å². The summed E-state index contributed by atoms with van der Waals surface area (Å²) in [7, 11) is 0. The zero-order valence-corrected chi connectivity index (χ0v) is 7.90. The van der Waals surface area contributed by atoms with Crippen molar-refractivity contribution in [1.82, 2.24) is 0 Å². The number of hydrogen-bond donors (Lipinski definition) is 1. The van der Waals surface area contributed by atoms with E-state index in [0.29, 0.717) is 12.3 Å². The fraction of sp³-hybridized carbons (Fsp3) is 0.875. The molecular formula is C8H16KNO4. The van der Waals surface area contributed by atoms with Crippen molar-refractivity contribution in [2.75, 3.05) is 6.54 Å². The molecule has 0 unspecified atom stereocenters. The third-order valence-corrected chi connectivity index (χ3v) is 1.68. The molecule has 0 aromatic rings. The zero-order chi connectivity index (χ0) is 10.4. The quantitative estimate of drug-likeness (QED) is 0.414. The predicted octanol–water partition coefficient (Wildman–Crippen LogP) is 0.752. The Balaban J connectivity index is 0. The predicted molar refractivity (Wildman–Crippen MR) is 54.2 cm³/mol. The summed E-state index contributed by atoms with van der Waals surface area (Å²) in [6, 6.07) is 0. The Hall–Kier alpha value is 0.506. The molecule has 0 bridgehead atoms. The van der Waals surface area contributed by atoms with Crippen molar-refractivity contribution in [2.24, 2.45) is 11.8 Å². The molecule has 5 nitrogen and oxygen atoms in total. The molecule has 0 amide bonds. The van der Waals surface area contributed by atoms with Crippen LogP contribution in [0.15, 0.2) is 0 Å². The van der Waals surface area contributed by atoms with Gasteiger partial charge >= 0.3 is 57.4 Å². The van der Waals surface area contributed by atoms with E-state index in [-0.39, 0.29) is 70.3 Å². The summed E-state index contributed by atoms with van der Waals surface area (Å²) in [6.07, 6.45) is 0.479. The van der Waals surface area contributed by atoms with Gasteiger partial charge in [0.15, 0.2) is 0 Å². The Kier molecular flexibility index (Phi) is 10.6. The molecule has 0 spiro atoms. The third kappa shape index (κ3) is 10.6. The van der Waals surface area contributed by atoms with E-state index >= 15 is 0 Å². The van der Waals surface area contributed by atoms with E-state index < -0.39 is 10.9 Å². The Bertz CT molecular complexity index is 180. The minimum absolute atomic E-state index is 0. The molecule has 0 fully saturated rings. The zero-order valence-electron chi connectivity index (χ0n) is 7.90. The molecule has 0 aliphatic heterocycles. The first-order chi connectivity index (χ1) is 5.91. The van der Waals surface area contributed by atoms with Crippen molar-refractivity contribution in [2.45, 2.75) is 26.7 Å². The van der Waals surface area contributed by atoms with E-state index in [1.165, 1.54) is 0 Å². The molecule has 0 rings (SSSR count). The third-order valence-electron chi connectivity index (χ3n) is 1.68. The Labute approximate surface area is 126 Å². The molecule has 0 saturated carbocycles. The molecule has 0 aliphatic carbocycles. The maximum absolute atomic E-state index is 10.4. The van der Waals surface area contributed by atoms with E-state index in [0.717, 1.165) is 0 Å². The first-order valence-corrected chi connectivity index (χ1v) is 4.25. The number of hydrogen-bond acceptors (Lipinski definition) is 3. The van der Waals surface area contributed by atoms with Crippen LogP contribution in [0.5, 0.6) is 0 Å². The molecule has 0 heterocycles. The van der Waals surface area contributed by atoms with Crippen LogP contribution in [0.3, 0.4) is 0 Å². The summed E-state index contributed by atoms with van der Waals surface area (Å²) in [5, 5.41) is 18.7. The molecule has 0 aliphatic rings. The van der Waals surface area contributed by atoms with Gasteiger partial charge < -0.3 is 5.11 Å². The maximum atomic E-state index is 10.4. The number of rotatable bonds is 6. The summed E-state index contributed by atoms with van der Waals surface area (Å²) in [4.78, 5) is 20.1. The summed E-state index contributed by atoms with van der Waals surface area (Å²) < 4.78 is 0. The van der Waals surface area contributed by atoms with Crippen molar-refractivity contribution in [3.63, 3.8) is 0 Å². The van der Waals surface area contributed by atoms with Gasteiger partial charge in [0.25, 0.3) is 0 Å². The van der Waals surface area contributed by atoms with Crippen molar-refractivity contribution >= 4 is 57.4 Å². The fourth-order valence-electron chi connectivity index (χ4n) is 1.35. The molecule has 6 heteroatoms. The topological polar surface area (TPSA) is 80.4 Å². The van der Waals surface area contributed by atoms with Crippen LogP contribution in [0.1, 0.15) is 26.7 Å². The van der Waals surface area contributed by atoms with E-state index in [9.17, 15) is 14.9 Å². The molecule has 0 radical (unpaired) electrons. The number of aliphatic carboxylic acids is 1. The average Bonchev–Trinajstić information content (AvgIpc) is 1.80. The van der Waals surface area contributed by atoms with Gasteiger partial charge in [-0.15, -0.1) is 0 Å². The fourth-order valence-corrected chi connectivity index (χ4v) is 1.35. The summed E-state index contributed by atoms with van der Waals surface area (Å²) in [5.41, 5.74) is 0. The van der Waals surface area contributed by atoms with Gasteiger partial charge in [0.1, 0.15) is 0 Å². The second kappa shape index (κ2) is 8.79. The van der Waals surface area contributed by atoms with Crippen LogP contribution in [0.4, 0.5) is 0 Å². The number of carboxylic acid groups (broad SMARTS) is 1. The summed E-state index contributed by atoms with van der Waals surface area (Å²) >= 11 is 0. The average molecular weight is 229 g/mol. The Morgan fingerprint density at radius 2 is 2.00 bits per heavy atom. The van der Waals surface area contributed by atoms with Gasteiger partial charge in [0.2, 0.25) is 6.54 Å². The van der Waals surface area contributed by atoms with Crippen LogP contribution in [0, 0.1) is 22.0 Å². The van der Waals surface area contributed by atoms with Gasteiger partial charge in [0, 0.05) is 10.8 Å². The van der Waals surface area contributed by atoms with Gasteiger partial charge in [-0.05, 0) is 12.3 Å². The van der Waals surface area contributed by atoms with Crippen LogP contribution in [0.2, 0.25) is 0 Å². The molecule has 14 heavy (non-hydrogen) atoms. The number of carboxylic acids is 1. The Morgan fingerprint density at radius 3 is 2.29 bits per heavy atom. The van der Waals surface area contributed by atoms with Gasteiger partial charge in [-0.3, -0.25) is 14.9 Å². The van der Waals surface area contributed by atoms with Crippen LogP contribution < -0.4 is 0 Å². The van der Waals surface area contributed by atoms with Gasteiger partial charge in [-0.1, -0.05) is 13.8 Å². The molecule has 0 aromatic heterocycles. The van der Waals surface area contributed by atoms with E-state index in [2.05, 4.69) is 0 Å². The normalized spacial score (nSPS) is 11.9. The molecule has 1 N–H and O–H groups in total. The van der Waals surface area contributed by atoms with Crippen molar-refractivity contribution < 1.29 is 14.8 Å². The molecule has 0 saturated heterocycles. The van der Waals surface area contributed by atoms with Crippen LogP contribution in [-0.2, 0) is 4.79 Å². The number of carbonyl (C=O) groups is 1. The van der Waals surface area contributed by atoms with Gasteiger partial charge in [-0.25, -0.2) is 0 Å². The monoisotopic (exact) mass is 229 g/mol. The molecule has 78 valence electrons.